The van der Waals surface area contributed by atoms with E-state index in [9.17, 15) is 61.0 Å². The van der Waals surface area contributed by atoms with Crippen molar-refractivity contribution < 1.29 is 89.4 Å². The topological polar surface area (TPSA) is 307 Å². The molecule has 3 fully saturated rings. The van der Waals surface area contributed by atoms with Crippen LogP contribution in [0, 0.1) is 0 Å². The van der Waals surface area contributed by atoms with Gasteiger partial charge >= 0.3 is 0 Å². The van der Waals surface area contributed by atoms with Gasteiger partial charge in [0.15, 0.2) is 18.9 Å². The molecule has 0 radical (unpaired) electrons. The quantitative estimate of drug-likeness (QED) is 0.0199. The van der Waals surface area contributed by atoms with Gasteiger partial charge in [-0.05, 0) is 89.9 Å². The number of ether oxygens (including phenoxy) is 6. The van der Waals surface area contributed by atoms with Crippen molar-refractivity contribution in [2.24, 2.45) is 0 Å². The van der Waals surface area contributed by atoms with E-state index in [-0.39, 0.29) is 18.9 Å². The number of aliphatic hydroxyl groups is 11. The average molecular weight is 1530 g/mol. The van der Waals surface area contributed by atoms with Crippen molar-refractivity contribution in [2.75, 3.05) is 26.4 Å². The van der Waals surface area contributed by atoms with Crippen LogP contribution in [0.15, 0.2) is 122 Å². The van der Waals surface area contributed by atoms with E-state index < -0.39 is 124 Å². The molecule has 0 saturated carbocycles. The molecule has 1 amide bonds. The summed E-state index contributed by atoms with van der Waals surface area (Å²) in [7, 11) is 0. The Labute approximate surface area is 652 Å². The van der Waals surface area contributed by atoms with Gasteiger partial charge in [0.05, 0.1) is 38.6 Å². The van der Waals surface area contributed by atoms with E-state index in [4.69, 9.17) is 28.4 Å². The summed E-state index contributed by atoms with van der Waals surface area (Å²) in [5.74, 6) is -0.253. The average Bonchev–Trinajstić information content (AvgIpc) is 0.775. The standard InChI is InChI=1S/C89H153NO18/c1-3-5-7-9-11-13-15-17-19-21-23-25-27-29-30-31-32-33-34-35-36-37-38-39-40-41-42-43-45-47-49-51-53-55-57-59-61-63-65-67-77(95)90-72(73(94)66-64-62-60-58-56-54-52-50-48-46-44-28-26-24-22-20-18-16-14-12-10-8-6-4-2)71-103-87-83(101)80(98)85(75(69-92)105-87)108-89-84(102)81(99)86(76(70-93)106-89)107-88-82(100)79(97)78(96)74(68-91)104-88/h5,7,11,13,17,19,23,25,29-30,32-33,35-36,38-39,41-42,45,47,72-76,78-89,91-94,96-102H,3-4,6,8-10,12,14-16,18,20-22,24,26-28,31,34,37,40,43-44,46,48-71H2,1-2H3,(H,90,95)/b7-5-,13-11-,19-17-,25-23-,30-29-,33-32-,36-35-,39-38-,42-41-,47-45-. The molecule has 3 aliphatic rings. The highest BCUT2D eigenvalue weighted by atomic mass is 16.8. The molecule has 622 valence electrons. The molecular formula is C89H153NO18. The van der Waals surface area contributed by atoms with E-state index in [1.165, 1.54) is 141 Å². The van der Waals surface area contributed by atoms with E-state index in [0.29, 0.717) is 12.8 Å². The van der Waals surface area contributed by atoms with Crippen LogP contribution in [0.2, 0.25) is 0 Å². The first-order chi connectivity index (χ1) is 52.8. The minimum atomic E-state index is -1.98. The largest absolute Gasteiger partial charge is 0.394 e. The Morgan fingerprint density at radius 1 is 0.343 bits per heavy atom. The summed E-state index contributed by atoms with van der Waals surface area (Å²) in [5.41, 5.74) is 0. The molecule has 3 saturated heterocycles. The Balaban J connectivity index is 1.35. The molecule has 0 aliphatic carbocycles. The minimum Gasteiger partial charge on any atom is -0.394 e. The van der Waals surface area contributed by atoms with Crippen molar-refractivity contribution in [1.82, 2.24) is 5.32 Å². The molecule has 0 bridgehead atoms. The number of hydrogen-bond donors (Lipinski definition) is 12. The van der Waals surface area contributed by atoms with Crippen LogP contribution in [0.5, 0.6) is 0 Å². The molecule has 3 aliphatic heterocycles. The fraction of sp³-hybridized carbons (Fsp3) is 0.764. The Bertz CT molecular complexity index is 2420. The third-order valence-corrected chi connectivity index (χ3v) is 20.6. The predicted molar refractivity (Wildman–Crippen MR) is 433 cm³/mol. The number of hydrogen-bond acceptors (Lipinski definition) is 18. The highest BCUT2D eigenvalue weighted by Crippen LogP contribution is 2.33. The number of rotatable bonds is 67. The van der Waals surface area contributed by atoms with Crippen LogP contribution in [-0.4, -0.2) is 193 Å². The van der Waals surface area contributed by atoms with Gasteiger partial charge in [-0.25, -0.2) is 0 Å². The molecule has 0 aromatic heterocycles. The molecule has 3 heterocycles. The number of allylic oxidation sites excluding steroid dienone is 20. The lowest BCUT2D eigenvalue weighted by molar-refractivity contribution is -0.379. The van der Waals surface area contributed by atoms with E-state index >= 15 is 0 Å². The molecule has 108 heavy (non-hydrogen) atoms. The normalized spacial score (nSPS) is 26.0. The first-order valence-electron chi connectivity index (χ1n) is 42.8. The molecule has 19 heteroatoms. The van der Waals surface area contributed by atoms with Crippen LogP contribution in [-0.2, 0) is 33.2 Å². The van der Waals surface area contributed by atoms with Crippen LogP contribution in [0.25, 0.3) is 0 Å². The second-order valence-electron chi connectivity index (χ2n) is 29.9. The lowest BCUT2D eigenvalue weighted by Crippen LogP contribution is -2.66. The maximum atomic E-state index is 13.5. The molecule has 17 unspecified atom stereocenters. The van der Waals surface area contributed by atoms with Crippen LogP contribution < -0.4 is 5.32 Å². The zero-order valence-corrected chi connectivity index (χ0v) is 66.8. The van der Waals surface area contributed by atoms with Gasteiger partial charge in [-0.1, -0.05) is 328 Å². The van der Waals surface area contributed by atoms with E-state index in [1.807, 2.05) is 0 Å². The smallest absolute Gasteiger partial charge is 0.220 e. The van der Waals surface area contributed by atoms with Gasteiger partial charge in [-0.2, -0.15) is 0 Å². The molecule has 0 spiro atoms. The first-order valence-corrected chi connectivity index (χ1v) is 42.8. The minimum absolute atomic E-state index is 0.250. The number of amides is 1. The van der Waals surface area contributed by atoms with Gasteiger partial charge in [0.25, 0.3) is 0 Å². The Morgan fingerprint density at radius 2 is 0.639 bits per heavy atom. The predicted octanol–water partition coefficient (Wildman–Crippen LogP) is 15.5. The zero-order chi connectivity index (χ0) is 78.1. The molecular weight excluding hydrogens is 1370 g/mol. The summed E-state index contributed by atoms with van der Waals surface area (Å²) >= 11 is 0. The second-order valence-corrected chi connectivity index (χ2v) is 29.9. The summed E-state index contributed by atoms with van der Waals surface area (Å²) < 4.78 is 34.5. The van der Waals surface area contributed by atoms with Gasteiger partial charge < -0.3 is 89.9 Å². The van der Waals surface area contributed by atoms with Gasteiger partial charge in [0.2, 0.25) is 5.91 Å². The summed E-state index contributed by atoms with van der Waals surface area (Å²) in [5, 5.41) is 121. The van der Waals surface area contributed by atoms with Gasteiger partial charge in [-0.15, -0.1) is 0 Å². The Hall–Kier alpha value is -3.81. The van der Waals surface area contributed by atoms with Crippen LogP contribution in [0.4, 0.5) is 0 Å². The van der Waals surface area contributed by atoms with Crippen molar-refractivity contribution in [3.05, 3.63) is 122 Å². The maximum Gasteiger partial charge on any atom is 0.220 e. The van der Waals surface area contributed by atoms with E-state index in [1.54, 1.807) is 0 Å². The molecule has 0 aromatic carbocycles. The van der Waals surface area contributed by atoms with Crippen LogP contribution in [0.3, 0.4) is 0 Å². The number of unbranched alkanes of at least 4 members (excludes halogenated alkanes) is 31. The Kier molecular flexibility index (Phi) is 61.6. The SMILES string of the molecule is CC/C=C\C/C=C\C/C=C\C/C=C\C/C=C\C/C=C\C/C=C\C/C=C\C/C=C\C/C=C\CCCCCCCCCCC(=O)NC(COC1OC(CO)C(OC2OC(CO)C(OC3OC(CO)C(O)C(O)C3O)C(O)C2O)C(O)C1O)C(O)CCCCCCCCCCCCCCCCCCCCCCCCCC. The van der Waals surface area contributed by atoms with Crippen molar-refractivity contribution in [3.63, 3.8) is 0 Å². The fourth-order valence-corrected chi connectivity index (χ4v) is 13.8. The summed E-state index contributed by atoms with van der Waals surface area (Å²) in [6.45, 7) is 1.71. The lowest BCUT2D eigenvalue weighted by Gasteiger charge is -2.48. The molecule has 3 rings (SSSR count). The number of nitrogens with one attached hydrogen (secondary N) is 1. The van der Waals surface area contributed by atoms with Gasteiger partial charge in [0.1, 0.15) is 73.2 Å². The number of carbonyl (C=O) groups excluding carboxylic acids is 1. The summed E-state index contributed by atoms with van der Waals surface area (Å²) in [4.78, 5) is 13.5. The van der Waals surface area contributed by atoms with Crippen LogP contribution in [0.1, 0.15) is 303 Å². The summed E-state index contributed by atoms with van der Waals surface area (Å²) in [6, 6.07) is -0.902. The van der Waals surface area contributed by atoms with Crippen molar-refractivity contribution in [3.8, 4) is 0 Å². The molecule has 12 N–H and O–H groups in total. The van der Waals surface area contributed by atoms with Crippen LogP contribution >= 0.6 is 0 Å². The number of aliphatic hydroxyl groups excluding tert-OH is 11. The lowest BCUT2D eigenvalue weighted by atomic mass is 9.96. The maximum absolute atomic E-state index is 13.5. The monoisotopic (exact) mass is 1520 g/mol. The van der Waals surface area contributed by atoms with Crippen molar-refractivity contribution >= 4 is 5.91 Å². The highest BCUT2D eigenvalue weighted by Gasteiger charge is 2.54. The Morgan fingerprint density at radius 3 is 1.00 bits per heavy atom. The second kappa shape index (κ2) is 67.7. The van der Waals surface area contributed by atoms with E-state index in [0.717, 1.165) is 128 Å². The number of carbonyl (C=O) groups is 1. The van der Waals surface area contributed by atoms with Gasteiger partial charge in [0, 0.05) is 6.42 Å². The fourth-order valence-electron chi connectivity index (χ4n) is 13.8. The zero-order valence-electron chi connectivity index (χ0n) is 66.8. The van der Waals surface area contributed by atoms with E-state index in [2.05, 4.69) is 141 Å². The molecule has 19 nitrogen and oxygen atoms in total. The van der Waals surface area contributed by atoms with Crippen molar-refractivity contribution in [2.45, 2.75) is 407 Å². The van der Waals surface area contributed by atoms with Gasteiger partial charge in [-0.3, -0.25) is 4.79 Å². The molecule has 0 aromatic rings. The third-order valence-electron chi connectivity index (χ3n) is 20.6. The van der Waals surface area contributed by atoms with Crippen molar-refractivity contribution in [1.29, 1.82) is 0 Å². The first kappa shape index (κ1) is 98.4. The summed E-state index contributed by atoms with van der Waals surface area (Å²) in [6.07, 6.45) is 68.5. The highest BCUT2D eigenvalue weighted by molar-refractivity contribution is 5.76. The molecule has 17 atom stereocenters. The third kappa shape index (κ3) is 46.4.